The maximum absolute atomic E-state index is 12.5. The smallest absolute Gasteiger partial charge is 0.276 e. The summed E-state index contributed by atoms with van der Waals surface area (Å²) in [7, 11) is 0. The summed E-state index contributed by atoms with van der Waals surface area (Å²) >= 11 is 6.48. The highest BCUT2D eigenvalue weighted by Gasteiger charge is 2.18. The number of carbonyl (C=O) groups is 1. The van der Waals surface area contributed by atoms with E-state index in [0.717, 1.165) is 0 Å². The normalized spacial score (nSPS) is 10.8. The van der Waals surface area contributed by atoms with Gasteiger partial charge in [0, 0.05) is 27.3 Å². The van der Waals surface area contributed by atoms with Crippen LogP contribution in [0.25, 0.3) is 0 Å². The minimum Gasteiger partial charge on any atom is -0.471 e. The molecule has 10 heteroatoms. The summed E-state index contributed by atoms with van der Waals surface area (Å²) in [5.74, 6) is 0.701. The number of benzene rings is 2. The second kappa shape index (κ2) is 9.40. The number of hydrogen-bond acceptors (Lipinski definition) is 5. The van der Waals surface area contributed by atoms with Gasteiger partial charge >= 0.3 is 0 Å². The van der Waals surface area contributed by atoms with E-state index < -0.39 is 10.8 Å². The molecule has 0 saturated carbocycles. The lowest BCUT2D eigenvalue weighted by molar-refractivity contribution is -0.385. The summed E-state index contributed by atoms with van der Waals surface area (Å²) in [4.78, 5) is 22.9. The lowest BCUT2D eigenvalue weighted by Crippen LogP contribution is -2.15. The van der Waals surface area contributed by atoms with Crippen molar-refractivity contribution in [1.82, 2.24) is 9.78 Å². The topological polar surface area (TPSA) is 99.3 Å². The fraction of sp³-hybridized carbons (Fsp3) is 0.200. The molecule has 3 aromatic rings. The highest BCUT2D eigenvalue weighted by atomic mass is 79.9. The molecule has 0 radical (unpaired) electrons. The number of aromatic nitrogens is 2. The number of ether oxygens (including phenoxy) is 1. The molecule has 0 saturated heterocycles. The molecule has 0 aliphatic heterocycles. The van der Waals surface area contributed by atoms with Gasteiger partial charge in [-0.05, 0) is 61.5 Å². The average molecular weight is 538 g/mol. The Labute approximate surface area is 189 Å². The van der Waals surface area contributed by atoms with Gasteiger partial charge in [0.25, 0.3) is 11.6 Å². The third kappa shape index (κ3) is 5.25. The van der Waals surface area contributed by atoms with Crippen molar-refractivity contribution in [3.8, 4) is 5.75 Å². The van der Waals surface area contributed by atoms with Crippen LogP contribution in [0.2, 0.25) is 0 Å². The van der Waals surface area contributed by atoms with Crippen molar-refractivity contribution in [2.24, 2.45) is 0 Å². The Morgan fingerprint density at radius 2 is 1.83 bits per heavy atom. The first-order chi connectivity index (χ1) is 14.2. The summed E-state index contributed by atoms with van der Waals surface area (Å²) < 4.78 is 7.97. The Morgan fingerprint density at radius 1 is 1.20 bits per heavy atom. The van der Waals surface area contributed by atoms with E-state index in [4.69, 9.17) is 4.74 Å². The van der Waals surface area contributed by atoms with Gasteiger partial charge in [-0.15, -0.1) is 0 Å². The predicted octanol–water partition coefficient (Wildman–Crippen LogP) is 5.73. The molecule has 0 fully saturated rings. The fourth-order valence-electron chi connectivity index (χ4n) is 2.61. The standard InChI is InChI=1S/C20H18Br2N4O4/c1-12(2)13-3-5-15(6-4-13)30-11-25-8-7-18(24-25)20(27)23-19-16(21)9-14(26(28)29)10-17(19)22/h3-10,12H,11H2,1-2H3,(H,23,27). The Morgan fingerprint density at radius 3 is 2.40 bits per heavy atom. The SMILES string of the molecule is CC(C)c1ccc(OCn2ccc(C(=O)Nc3c(Br)cc([N+](=O)[O-])cc3Br)n2)cc1. The molecule has 1 heterocycles. The fourth-order valence-corrected chi connectivity index (χ4v) is 3.97. The molecule has 0 spiro atoms. The van der Waals surface area contributed by atoms with E-state index in [2.05, 4.69) is 56.1 Å². The van der Waals surface area contributed by atoms with Crippen LogP contribution in [0.4, 0.5) is 11.4 Å². The lowest BCUT2D eigenvalue weighted by atomic mass is 10.0. The van der Waals surface area contributed by atoms with E-state index in [1.807, 2.05) is 24.3 Å². The molecule has 0 aliphatic carbocycles. The molecular weight excluding hydrogens is 520 g/mol. The molecule has 0 unspecified atom stereocenters. The van der Waals surface area contributed by atoms with Gasteiger partial charge in [-0.2, -0.15) is 5.10 Å². The van der Waals surface area contributed by atoms with E-state index in [1.54, 1.807) is 12.3 Å². The molecular formula is C20H18Br2N4O4. The zero-order valence-corrected chi connectivity index (χ0v) is 19.3. The first-order valence-electron chi connectivity index (χ1n) is 8.95. The molecule has 30 heavy (non-hydrogen) atoms. The van der Waals surface area contributed by atoms with Crippen molar-refractivity contribution in [2.45, 2.75) is 26.5 Å². The van der Waals surface area contributed by atoms with Crippen LogP contribution in [-0.2, 0) is 6.73 Å². The second-order valence-corrected chi connectivity index (χ2v) is 8.44. The zero-order valence-electron chi connectivity index (χ0n) is 16.1. The van der Waals surface area contributed by atoms with Crippen LogP contribution in [0.15, 0.2) is 57.6 Å². The second-order valence-electron chi connectivity index (χ2n) is 6.73. The van der Waals surface area contributed by atoms with Gasteiger partial charge in [-0.3, -0.25) is 14.9 Å². The average Bonchev–Trinajstić information content (AvgIpc) is 3.18. The third-order valence-corrected chi connectivity index (χ3v) is 5.51. The van der Waals surface area contributed by atoms with Gasteiger partial charge in [0.15, 0.2) is 12.4 Å². The van der Waals surface area contributed by atoms with Crippen molar-refractivity contribution in [1.29, 1.82) is 0 Å². The minimum absolute atomic E-state index is 0.102. The number of nitrogens with zero attached hydrogens (tertiary/aromatic N) is 3. The summed E-state index contributed by atoms with van der Waals surface area (Å²) in [5, 5.41) is 17.8. The van der Waals surface area contributed by atoms with Crippen molar-refractivity contribution in [2.75, 3.05) is 5.32 Å². The molecule has 1 N–H and O–H groups in total. The summed E-state index contributed by atoms with van der Waals surface area (Å²) in [6.07, 6.45) is 1.64. The Bertz CT molecular complexity index is 1060. The van der Waals surface area contributed by atoms with Crippen molar-refractivity contribution in [3.63, 3.8) is 0 Å². The maximum atomic E-state index is 12.5. The van der Waals surface area contributed by atoms with Crippen LogP contribution >= 0.6 is 31.9 Å². The molecule has 0 bridgehead atoms. The number of hydrogen-bond donors (Lipinski definition) is 1. The Kier molecular flexibility index (Phi) is 6.88. The van der Waals surface area contributed by atoms with Gasteiger partial charge < -0.3 is 10.1 Å². The first-order valence-corrected chi connectivity index (χ1v) is 10.5. The van der Waals surface area contributed by atoms with Crippen molar-refractivity contribution < 1.29 is 14.5 Å². The zero-order chi connectivity index (χ0) is 21.8. The first kappa shape index (κ1) is 22.0. The molecule has 2 aromatic carbocycles. The van der Waals surface area contributed by atoms with E-state index in [-0.39, 0.29) is 18.1 Å². The van der Waals surface area contributed by atoms with Gasteiger partial charge in [0.05, 0.1) is 10.6 Å². The highest BCUT2D eigenvalue weighted by molar-refractivity contribution is 9.11. The highest BCUT2D eigenvalue weighted by Crippen LogP contribution is 2.35. The number of rotatable bonds is 7. The number of carbonyl (C=O) groups excluding carboxylic acids is 1. The number of halogens is 2. The molecule has 3 rings (SSSR count). The monoisotopic (exact) mass is 536 g/mol. The molecule has 1 aromatic heterocycles. The quantitative estimate of drug-likeness (QED) is 0.306. The Balaban J connectivity index is 1.64. The summed E-state index contributed by atoms with van der Waals surface area (Å²) in [6.45, 7) is 4.40. The molecule has 156 valence electrons. The third-order valence-electron chi connectivity index (χ3n) is 4.26. The summed E-state index contributed by atoms with van der Waals surface area (Å²) in [5.41, 5.74) is 1.69. The molecule has 0 aliphatic rings. The van der Waals surface area contributed by atoms with Crippen LogP contribution in [0.1, 0.15) is 35.8 Å². The largest absolute Gasteiger partial charge is 0.471 e. The molecule has 1 amide bonds. The van der Waals surface area contributed by atoms with Crippen LogP contribution < -0.4 is 10.1 Å². The lowest BCUT2D eigenvalue weighted by Gasteiger charge is -2.09. The molecule has 8 nitrogen and oxygen atoms in total. The van der Waals surface area contributed by atoms with Crippen LogP contribution in [0.5, 0.6) is 5.75 Å². The van der Waals surface area contributed by atoms with Gasteiger partial charge in [-0.25, -0.2) is 4.68 Å². The van der Waals surface area contributed by atoms with Crippen molar-refractivity contribution >= 4 is 49.1 Å². The molecule has 0 atom stereocenters. The Hall–Kier alpha value is -2.72. The predicted molar refractivity (Wildman–Crippen MR) is 120 cm³/mol. The van der Waals surface area contributed by atoms with E-state index in [9.17, 15) is 14.9 Å². The van der Waals surface area contributed by atoms with E-state index in [1.165, 1.54) is 22.4 Å². The number of non-ortho nitro benzene ring substituents is 1. The number of nitrogens with one attached hydrogen (secondary N) is 1. The summed E-state index contributed by atoms with van der Waals surface area (Å²) in [6, 6.07) is 12.0. The maximum Gasteiger partial charge on any atom is 0.276 e. The minimum atomic E-state index is -0.515. The van der Waals surface area contributed by atoms with Gasteiger partial charge in [0.2, 0.25) is 0 Å². The van der Waals surface area contributed by atoms with Crippen LogP contribution in [-0.4, -0.2) is 20.6 Å². The van der Waals surface area contributed by atoms with Crippen LogP contribution in [0.3, 0.4) is 0 Å². The van der Waals surface area contributed by atoms with E-state index >= 15 is 0 Å². The van der Waals surface area contributed by atoms with Crippen molar-refractivity contribution in [3.05, 3.63) is 79.0 Å². The van der Waals surface area contributed by atoms with Crippen LogP contribution in [0, 0.1) is 10.1 Å². The number of amides is 1. The number of nitro groups is 1. The van der Waals surface area contributed by atoms with E-state index in [0.29, 0.717) is 26.3 Å². The van der Waals surface area contributed by atoms with Gasteiger partial charge in [0.1, 0.15) is 5.75 Å². The number of anilines is 1. The van der Waals surface area contributed by atoms with Gasteiger partial charge in [-0.1, -0.05) is 26.0 Å². The number of nitro benzene ring substituents is 1.